The molecular weight excluding hydrogens is 422 g/mol. The second kappa shape index (κ2) is 9.52. The minimum atomic E-state index is -0.295. The van der Waals surface area contributed by atoms with Crippen LogP contribution in [0.5, 0.6) is 23.4 Å². The van der Waals surface area contributed by atoms with Crippen molar-refractivity contribution in [1.82, 2.24) is 0 Å². The van der Waals surface area contributed by atoms with Crippen molar-refractivity contribution in [2.24, 2.45) is 0 Å². The van der Waals surface area contributed by atoms with E-state index in [9.17, 15) is 15.0 Å². The SMILES string of the molecule is COc1cc2c(O)[n+](C3CCCCC3)c(O)[n+](CC(=O)Nc3ccc(C)cc3)c2cc1OC. The zero-order chi connectivity index (χ0) is 23.5. The van der Waals surface area contributed by atoms with E-state index < -0.39 is 0 Å². The summed E-state index contributed by atoms with van der Waals surface area (Å²) in [6, 6.07) is 10.6. The number of aromatic hydroxyl groups is 2. The van der Waals surface area contributed by atoms with E-state index in [0.717, 1.165) is 37.7 Å². The zero-order valence-electron chi connectivity index (χ0n) is 19.3. The van der Waals surface area contributed by atoms with E-state index in [2.05, 4.69) is 5.32 Å². The highest BCUT2D eigenvalue weighted by Crippen LogP contribution is 2.36. The van der Waals surface area contributed by atoms with Crippen LogP contribution < -0.4 is 23.9 Å². The van der Waals surface area contributed by atoms with Crippen molar-refractivity contribution in [3.05, 3.63) is 42.0 Å². The van der Waals surface area contributed by atoms with Gasteiger partial charge in [0.15, 0.2) is 22.9 Å². The van der Waals surface area contributed by atoms with Crippen molar-refractivity contribution in [2.75, 3.05) is 19.5 Å². The third-order valence-electron chi connectivity index (χ3n) is 6.30. The van der Waals surface area contributed by atoms with Gasteiger partial charge in [0.1, 0.15) is 0 Å². The van der Waals surface area contributed by atoms with Crippen LogP contribution in [0.25, 0.3) is 10.9 Å². The van der Waals surface area contributed by atoms with Crippen LogP contribution in [0.3, 0.4) is 0 Å². The molecule has 0 unspecified atom stereocenters. The maximum atomic E-state index is 12.9. The molecular formula is C25H31N3O5+2. The first-order valence-corrected chi connectivity index (χ1v) is 11.2. The lowest BCUT2D eigenvalue weighted by atomic mass is 9.95. The molecule has 0 radical (unpaired) electrons. The Balaban J connectivity index is 1.82. The molecule has 8 heteroatoms. The molecule has 8 nitrogen and oxygen atoms in total. The Kier molecular flexibility index (Phi) is 6.53. The van der Waals surface area contributed by atoms with Crippen molar-refractivity contribution in [1.29, 1.82) is 0 Å². The van der Waals surface area contributed by atoms with E-state index in [1.807, 2.05) is 31.2 Å². The number of nitrogens with zero attached hydrogens (tertiary/aromatic N) is 2. The molecule has 1 aliphatic carbocycles. The number of methoxy groups -OCH3 is 2. The number of carbonyl (C=O) groups excluding carboxylic acids is 1. The number of amides is 1. The predicted octanol–water partition coefficient (Wildman–Crippen LogP) is 3.30. The number of hydrogen-bond acceptors (Lipinski definition) is 5. The molecule has 3 N–H and O–H groups in total. The van der Waals surface area contributed by atoms with Gasteiger partial charge >= 0.3 is 11.9 Å². The Labute approximate surface area is 193 Å². The normalized spacial score (nSPS) is 14.3. The summed E-state index contributed by atoms with van der Waals surface area (Å²) in [6.07, 6.45) is 4.87. The summed E-state index contributed by atoms with van der Waals surface area (Å²) in [5.74, 6) is 0.547. The van der Waals surface area contributed by atoms with Gasteiger partial charge in [-0.25, -0.2) is 0 Å². The fraction of sp³-hybridized carbons (Fsp3) is 0.400. The second-order valence-electron chi connectivity index (χ2n) is 8.51. The highest BCUT2D eigenvalue weighted by molar-refractivity contribution is 5.90. The van der Waals surface area contributed by atoms with Crippen LogP contribution in [-0.2, 0) is 11.3 Å². The van der Waals surface area contributed by atoms with Crippen molar-refractivity contribution in [3.8, 4) is 23.4 Å². The third kappa shape index (κ3) is 4.51. The molecule has 1 aliphatic rings. The van der Waals surface area contributed by atoms with Crippen molar-refractivity contribution in [3.63, 3.8) is 0 Å². The first-order chi connectivity index (χ1) is 15.9. The monoisotopic (exact) mass is 453 g/mol. The highest BCUT2D eigenvalue weighted by Gasteiger charge is 2.40. The fourth-order valence-electron chi connectivity index (χ4n) is 4.55. The van der Waals surface area contributed by atoms with Gasteiger partial charge in [-0.15, -0.1) is 0 Å². The first kappa shape index (κ1) is 22.6. The minimum Gasteiger partial charge on any atom is -0.493 e. The average Bonchev–Trinajstić information content (AvgIpc) is 2.83. The quantitative estimate of drug-likeness (QED) is 0.498. The largest absolute Gasteiger partial charge is 0.632 e. The van der Waals surface area contributed by atoms with Gasteiger partial charge in [-0.1, -0.05) is 33.3 Å². The molecule has 1 aromatic heterocycles. The molecule has 33 heavy (non-hydrogen) atoms. The van der Waals surface area contributed by atoms with E-state index in [-0.39, 0.29) is 30.4 Å². The molecule has 0 aliphatic heterocycles. The summed E-state index contributed by atoms with van der Waals surface area (Å²) in [5.41, 5.74) is 2.24. The van der Waals surface area contributed by atoms with E-state index >= 15 is 0 Å². The zero-order valence-corrected chi connectivity index (χ0v) is 19.3. The van der Waals surface area contributed by atoms with E-state index in [1.54, 1.807) is 16.7 Å². The van der Waals surface area contributed by atoms with Crippen LogP contribution in [0.1, 0.15) is 43.7 Å². The molecule has 0 bridgehead atoms. The van der Waals surface area contributed by atoms with Gasteiger partial charge in [-0.05, 0) is 31.9 Å². The predicted molar refractivity (Wildman–Crippen MR) is 123 cm³/mol. The average molecular weight is 454 g/mol. The molecule has 1 saturated carbocycles. The third-order valence-corrected chi connectivity index (χ3v) is 6.30. The van der Waals surface area contributed by atoms with Gasteiger partial charge < -0.3 is 25.0 Å². The molecule has 1 heterocycles. The van der Waals surface area contributed by atoms with Gasteiger partial charge in [0.25, 0.3) is 5.91 Å². The lowest BCUT2D eigenvalue weighted by molar-refractivity contribution is -0.830. The lowest BCUT2D eigenvalue weighted by Crippen LogP contribution is -2.53. The molecule has 4 rings (SSSR count). The molecule has 0 atom stereocenters. The number of nitrogens with one attached hydrogen (secondary N) is 1. The number of anilines is 1. The Morgan fingerprint density at radius 2 is 1.67 bits per heavy atom. The maximum Gasteiger partial charge on any atom is 0.632 e. The Bertz CT molecular complexity index is 1170. The molecule has 0 saturated heterocycles. The summed E-state index contributed by atoms with van der Waals surface area (Å²) in [7, 11) is 3.04. The summed E-state index contributed by atoms with van der Waals surface area (Å²) >= 11 is 0. The number of fused-ring (bicyclic) bond motifs is 1. The molecule has 174 valence electrons. The molecule has 1 fully saturated rings. The fourth-order valence-corrected chi connectivity index (χ4v) is 4.55. The van der Waals surface area contributed by atoms with Crippen LogP contribution in [-0.4, -0.2) is 30.3 Å². The molecule has 2 aromatic carbocycles. The van der Waals surface area contributed by atoms with E-state index in [1.165, 1.54) is 18.8 Å². The topological polar surface area (TPSA) is 95.8 Å². The first-order valence-electron chi connectivity index (χ1n) is 11.2. The summed E-state index contributed by atoms with van der Waals surface area (Å²) < 4.78 is 13.9. The van der Waals surface area contributed by atoms with Gasteiger partial charge in [-0.2, -0.15) is 0 Å². The van der Waals surface area contributed by atoms with E-state index in [0.29, 0.717) is 28.1 Å². The number of rotatable bonds is 6. The van der Waals surface area contributed by atoms with E-state index in [4.69, 9.17) is 9.47 Å². The van der Waals surface area contributed by atoms with Crippen molar-refractivity contribution < 1.29 is 33.6 Å². The Morgan fingerprint density at radius 1 is 1.03 bits per heavy atom. The van der Waals surface area contributed by atoms with Crippen molar-refractivity contribution in [2.45, 2.75) is 51.6 Å². The van der Waals surface area contributed by atoms with Gasteiger partial charge in [0.05, 0.1) is 20.3 Å². The Morgan fingerprint density at radius 3 is 2.30 bits per heavy atom. The van der Waals surface area contributed by atoms with Crippen LogP contribution >= 0.6 is 0 Å². The van der Waals surface area contributed by atoms with Gasteiger partial charge in [0, 0.05) is 24.6 Å². The lowest BCUT2D eigenvalue weighted by Gasteiger charge is -2.18. The number of aryl methyl sites for hydroxylation is 1. The highest BCUT2D eigenvalue weighted by atomic mass is 16.5. The Hall–Kier alpha value is -3.55. The molecule has 0 spiro atoms. The van der Waals surface area contributed by atoms with Crippen LogP contribution in [0.4, 0.5) is 5.69 Å². The number of benzene rings is 2. The summed E-state index contributed by atoms with van der Waals surface area (Å²) in [4.78, 5) is 12.9. The number of carbonyl (C=O) groups is 1. The number of ether oxygens (including phenoxy) is 2. The minimum absolute atomic E-state index is 0.0504. The van der Waals surface area contributed by atoms with Gasteiger partial charge in [0.2, 0.25) is 12.1 Å². The molecule has 3 aromatic rings. The standard InChI is InChI=1S/C25H29N3O5/c1-16-9-11-17(12-10-16)26-23(29)15-27-20-14-22(33-3)21(32-2)13-19(20)24(30)28(25(27)31)18-7-5-4-6-8-18/h9-14,18H,4-8,15H2,1-3H3,(H,26,29)/p+2. The van der Waals surface area contributed by atoms with Crippen LogP contribution in [0.2, 0.25) is 0 Å². The van der Waals surface area contributed by atoms with Crippen LogP contribution in [0, 0.1) is 6.92 Å². The smallest absolute Gasteiger partial charge is 0.493 e. The molecule has 1 amide bonds. The second-order valence-corrected chi connectivity index (χ2v) is 8.51. The number of aromatic nitrogens is 2. The maximum absolute atomic E-state index is 12.9. The summed E-state index contributed by atoms with van der Waals surface area (Å²) in [5, 5.41) is 25.8. The number of hydrogen-bond donors (Lipinski definition) is 3. The van der Waals surface area contributed by atoms with Crippen LogP contribution in [0.15, 0.2) is 36.4 Å². The van der Waals surface area contributed by atoms with Crippen molar-refractivity contribution >= 4 is 22.5 Å². The van der Waals surface area contributed by atoms with Gasteiger partial charge in [-0.3, -0.25) is 4.79 Å². The summed E-state index contributed by atoms with van der Waals surface area (Å²) in [6.45, 7) is 1.84.